The first-order valence-corrected chi connectivity index (χ1v) is 8.21. The van der Waals surface area contributed by atoms with Crippen molar-refractivity contribution < 1.29 is 18.4 Å². The SMILES string of the molecule is O=C(Nc1c(F)cccc1F)c1ccc(C(=O)NC2CCCC2)cc1. The second-order valence-electron chi connectivity index (χ2n) is 6.08. The Kier molecular flexibility index (Phi) is 5.07. The minimum Gasteiger partial charge on any atom is -0.349 e. The second kappa shape index (κ2) is 7.42. The quantitative estimate of drug-likeness (QED) is 0.884. The zero-order chi connectivity index (χ0) is 17.8. The monoisotopic (exact) mass is 344 g/mol. The molecule has 0 aromatic heterocycles. The Hall–Kier alpha value is -2.76. The van der Waals surface area contributed by atoms with E-state index in [9.17, 15) is 18.4 Å². The Balaban J connectivity index is 1.67. The lowest BCUT2D eigenvalue weighted by atomic mass is 10.1. The molecule has 0 heterocycles. The molecule has 2 aromatic rings. The Morgan fingerprint density at radius 1 is 0.840 bits per heavy atom. The van der Waals surface area contributed by atoms with E-state index in [4.69, 9.17) is 0 Å². The fourth-order valence-corrected chi connectivity index (χ4v) is 2.91. The van der Waals surface area contributed by atoms with Gasteiger partial charge in [-0.15, -0.1) is 0 Å². The number of nitrogens with one attached hydrogen (secondary N) is 2. The molecule has 0 saturated heterocycles. The number of carbonyl (C=O) groups excluding carboxylic acids is 2. The highest BCUT2D eigenvalue weighted by Gasteiger charge is 2.18. The molecule has 6 heteroatoms. The van der Waals surface area contributed by atoms with Crippen LogP contribution in [0.25, 0.3) is 0 Å². The molecule has 0 aliphatic heterocycles. The number of anilines is 1. The van der Waals surface area contributed by atoms with Crippen molar-refractivity contribution in [3.8, 4) is 0 Å². The van der Waals surface area contributed by atoms with Crippen LogP contribution in [0.15, 0.2) is 42.5 Å². The van der Waals surface area contributed by atoms with Crippen molar-refractivity contribution in [2.45, 2.75) is 31.7 Å². The van der Waals surface area contributed by atoms with Gasteiger partial charge in [-0.05, 0) is 49.2 Å². The molecular weight excluding hydrogens is 326 g/mol. The van der Waals surface area contributed by atoms with E-state index in [1.807, 2.05) is 0 Å². The molecule has 2 aromatic carbocycles. The summed E-state index contributed by atoms with van der Waals surface area (Å²) in [6.45, 7) is 0. The van der Waals surface area contributed by atoms with E-state index < -0.39 is 23.2 Å². The van der Waals surface area contributed by atoms with E-state index in [2.05, 4.69) is 10.6 Å². The molecular formula is C19H18F2N2O2. The number of amides is 2. The molecule has 2 amide bonds. The Bertz CT molecular complexity index is 764. The van der Waals surface area contributed by atoms with E-state index in [1.165, 1.54) is 30.3 Å². The van der Waals surface area contributed by atoms with Crippen LogP contribution in [0, 0.1) is 11.6 Å². The molecule has 1 aliphatic rings. The molecule has 0 unspecified atom stereocenters. The molecule has 0 spiro atoms. The molecule has 0 bridgehead atoms. The van der Waals surface area contributed by atoms with Crippen LogP contribution in [0.3, 0.4) is 0 Å². The van der Waals surface area contributed by atoms with E-state index in [1.54, 1.807) is 0 Å². The fraction of sp³-hybridized carbons (Fsp3) is 0.263. The van der Waals surface area contributed by atoms with Crippen LogP contribution in [-0.4, -0.2) is 17.9 Å². The average molecular weight is 344 g/mol. The summed E-state index contributed by atoms with van der Waals surface area (Å²) in [5, 5.41) is 5.17. The van der Waals surface area contributed by atoms with Crippen LogP contribution in [0.1, 0.15) is 46.4 Å². The summed E-state index contributed by atoms with van der Waals surface area (Å²) in [5.74, 6) is -2.52. The fourth-order valence-electron chi connectivity index (χ4n) is 2.91. The van der Waals surface area contributed by atoms with Gasteiger partial charge in [0.1, 0.15) is 17.3 Å². The number of hydrogen-bond acceptors (Lipinski definition) is 2. The van der Waals surface area contributed by atoms with E-state index in [0.717, 1.165) is 37.8 Å². The van der Waals surface area contributed by atoms with Crippen molar-refractivity contribution in [1.82, 2.24) is 5.32 Å². The maximum absolute atomic E-state index is 13.6. The van der Waals surface area contributed by atoms with E-state index in [0.29, 0.717) is 5.56 Å². The van der Waals surface area contributed by atoms with Crippen LogP contribution in [0.2, 0.25) is 0 Å². The Morgan fingerprint density at radius 2 is 1.36 bits per heavy atom. The van der Waals surface area contributed by atoms with Gasteiger partial charge in [-0.3, -0.25) is 9.59 Å². The van der Waals surface area contributed by atoms with Gasteiger partial charge in [0, 0.05) is 17.2 Å². The number of halogens is 2. The van der Waals surface area contributed by atoms with Gasteiger partial charge in [-0.2, -0.15) is 0 Å². The normalized spacial score (nSPS) is 14.3. The van der Waals surface area contributed by atoms with Crippen molar-refractivity contribution in [3.05, 3.63) is 65.2 Å². The molecule has 1 aliphatic carbocycles. The number of benzene rings is 2. The lowest BCUT2D eigenvalue weighted by Crippen LogP contribution is -2.32. The van der Waals surface area contributed by atoms with Crippen molar-refractivity contribution in [3.63, 3.8) is 0 Å². The lowest BCUT2D eigenvalue weighted by molar-refractivity contribution is 0.0936. The first-order valence-electron chi connectivity index (χ1n) is 8.21. The van der Waals surface area contributed by atoms with Crippen LogP contribution in [-0.2, 0) is 0 Å². The first kappa shape index (κ1) is 17.1. The summed E-state index contributed by atoms with van der Waals surface area (Å²) < 4.78 is 27.2. The third kappa shape index (κ3) is 4.02. The predicted octanol–water partition coefficient (Wildman–Crippen LogP) is 3.89. The molecule has 0 atom stereocenters. The van der Waals surface area contributed by atoms with Gasteiger partial charge >= 0.3 is 0 Å². The smallest absolute Gasteiger partial charge is 0.255 e. The molecule has 2 N–H and O–H groups in total. The van der Waals surface area contributed by atoms with Crippen molar-refractivity contribution in [2.24, 2.45) is 0 Å². The van der Waals surface area contributed by atoms with Crippen LogP contribution in [0.4, 0.5) is 14.5 Å². The number of rotatable bonds is 4. The molecule has 1 saturated carbocycles. The molecule has 3 rings (SSSR count). The summed E-state index contributed by atoms with van der Waals surface area (Å²) in [6.07, 6.45) is 4.22. The van der Waals surface area contributed by atoms with Gasteiger partial charge in [0.05, 0.1) is 0 Å². The molecule has 25 heavy (non-hydrogen) atoms. The van der Waals surface area contributed by atoms with Crippen LogP contribution in [0.5, 0.6) is 0 Å². The van der Waals surface area contributed by atoms with Gasteiger partial charge in [-0.25, -0.2) is 8.78 Å². The Morgan fingerprint density at radius 3 is 1.92 bits per heavy atom. The minimum absolute atomic E-state index is 0.181. The summed E-state index contributed by atoms with van der Waals surface area (Å²) in [7, 11) is 0. The van der Waals surface area contributed by atoms with Gasteiger partial charge < -0.3 is 10.6 Å². The number of para-hydroxylation sites is 1. The second-order valence-corrected chi connectivity index (χ2v) is 6.08. The third-order valence-electron chi connectivity index (χ3n) is 4.30. The van der Waals surface area contributed by atoms with Crippen molar-refractivity contribution in [1.29, 1.82) is 0 Å². The van der Waals surface area contributed by atoms with Crippen LogP contribution >= 0.6 is 0 Å². The summed E-state index contributed by atoms with van der Waals surface area (Å²) in [5.41, 5.74) is 0.163. The molecule has 4 nitrogen and oxygen atoms in total. The highest BCUT2D eigenvalue weighted by molar-refractivity contribution is 6.05. The Labute approximate surface area is 144 Å². The maximum Gasteiger partial charge on any atom is 0.255 e. The van der Waals surface area contributed by atoms with E-state index in [-0.39, 0.29) is 17.5 Å². The summed E-state index contributed by atoms with van der Waals surface area (Å²) >= 11 is 0. The van der Waals surface area contributed by atoms with Crippen molar-refractivity contribution >= 4 is 17.5 Å². The molecule has 0 radical (unpaired) electrons. The predicted molar refractivity (Wildman–Crippen MR) is 90.5 cm³/mol. The molecule has 1 fully saturated rings. The zero-order valence-corrected chi connectivity index (χ0v) is 13.5. The van der Waals surface area contributed by atoms with Crippen molar-refractivity contribution in [2.75, 3.05) is 5.32 Å². The first-order chi connectivity index (χ1) is 12.0. The van der Waals surface area contributed by atoms with Gasteiger partial charge in [0.15, 0.2) is 0 Å². The summed E-state index contributed by atoms with van der Waals surface area (Å²) in [4.78, 5) is 24.3. The highest BCUT2D eigenvalue weighted by atomic mass is 19.1. The van der Waals surface area contributed by atoms with Gasteiger partial charge in [0.25, 0.3) is 11.8 Å². The van der Waals surface area contributed by atoms with Gasteiger partial charge in [0.2, 0.25) is 0 Å². The minimum atomic E-state index is -0.846. The largest absolute Gasteiger partial charge is 0.349 e. The standard InChI is InChI=1S/C19H18F2N2O2/c20-15-6-3-7-16(21)17(15)23-19(25)13-10-8-12(9-11-13)18(24)22-14-4-1-2-5-14/h3,6-11,14H,1-2,4-5H2,(H,22,24)(H,23,25). The molecule has 130 valence electrons. The zero-order valence-electron chi connectivity index (χ0n) is 13.5. The highest BCUT2D eigenvalue weighted by Crippen LogP contribution is 2.20. The number of hydrogen-bond donors (Lipinski definition) is 2. The third-order valence-corrected chi connectivity index (χ3v) is 4.30. The average Bonchev–Trinajstić information content (AvgIpc) is 3.11. The maximum atomic E-state index is 13.6. The summed E-state index contributed by atoms with van der Waals surface area (Å²) in [6, 6.07) is 9.52. The topological polar surface area (TPSA) is 58.2 Å². The van der Waals surface area contributed by atoms with E-state index >= 15 is 0 Å². The van der Waals surface area contributed by atoms with Gasteiger partial charge in [-0.1, -0.05) is 18.9 Å². The number of carbonyl (C=O) groups is 2. The van der Waals surface area contributed by atoms with Crippen LogP contribution < -0.4 is 10.6 Å². The lowest BCUT2D eigenvalue weighted by Gasteiger charge is -2.12.